The highest BCUT2D eigenvalue weighted by atomic mass is 19.1. The van der Waals surface area contributed by atoms with E-state index in [0.29, 0.717) is 36.3 Å². The molecular formula is C24H22F2N6O. The van der Waals surface area contributed by atoms with Crippen LogP contribution in [0, 0.1) is 11.6 Å². The van der Waals surface area contributed by atoms with Crippen LogP contribution in [0.4, 0.5) is 14.5 Å². The third-order valence-electron chi connectivity index (χ3n) is 6.67. The monoisotopic (exact) mass is 448 g/mol. The van der Waals surface area contributed by atoms with Crippen molar-refractivity contribution in [2.45, 2.75) is 32.0 Å². The van der Waals surface area contributed by atoms with E-state index in [4.69, 9.17) is 0 Å². The van der Waals surface area contributed by atoms with Crippen LogP contribution in [-0.4, -0.2) is 43.1 Å². The van der Waals surface area contributed by atoms with Gasteiger partial charge in [-0.15, -0.1) is 0 Å². The standard InChI is InChI=1S/C24H22F2N6O/c25-16-3-4-20(26)18(12-16)21-2-1-7-31(21)17-5-8-32-22(13-17)19(14-28-32)24(33)30-11-10-29-9-6-27-23(29)15-30/h3-6,8-9,12-14,21H,1-2,7,10-11,15H2/t21-/m1/s1. The number of benzene rings is 1. The van der Waals surface area contributed by atoms with Crippen molar-refractivity contribution in [1.29, 1.82) is 0 Å². The minimum absolute atomic E-state index is 0.0921. The van der Waals surface area contributed by atoms with Gasteiger partial charge in [-0.05, 0) is 43.2 Å². The number of pyridine rings is 1. The number of hydrogen-bond acceptors (Lipinski definition) is 4. The van der Waals surface area contributed by atoms with Crippen LogP contribution in [0.3, 0.4) is 0 Å². The number of nitrogens with zero attached hydrogens (tertiary/aromatic N) is 6. The van der Waals surface area contributed by atoms with E-state index in [2.05, 4.69) is 19.5 Å². The number of aromatic nitrogens is 4. The lowest BCUT2D eigenvalue weighted by Crippen LogP contribution is -2.38. The predicted molar refractivity (Wildman–Crippen MR) is 118 cm³/mol. The molecule has 7 nitrogen and oxygen atoms in total. The summed E-state index contributed by atoms with van der Waals surface area (Å²) >= 11 is 0. The minimum Gasteiger partial charge on any atom is -0.364 e. The topological polar surface area (TPSA) is 58.7 Å². The van der Waals surface area contributed by atoms with Crippen molar-refractivity contribution in [2.24, 2.45) is 0 Å². The molecule has 1 saturated heterocycles. The molecule has 0 radical (unpaired) electrons. The first-order valence-electron chi connectivity index (χ1n) is 11.1. The molecule has 1 aromatic carbocycles. The van der Waals surface area contributed by atoms with Crippen molar-refractivity contribution < 1.29 is 13.6 Å². The van der Waals surface area contributed by atoms with Gasteiger partial charge in [0.1, 0.15) is 17.5 Å². The molecule has 5 heterocycles. The fraction of sp³-hybridized carbons (Fsp3) is 0.292. The molecular weight excluding hydrogens is 426 g/mol. The van der Waals surface area contributed by atoms with E-state index in [9.17, 15) is 13.6 Å². The number of amides is 1. The number of rotatable bonds is 3. The Bertz CT molecular complexity index is 1360. The molecule has 33 heavy (non-hydrogen) atoms. The third-order valence-corrected chi connectivity index (χ3v) is 6.67. The molecule has 0 aliphatic carbocycles. The van der Waals surface area contributed by atoms with Gasteiger partial charge in [0.25, 0.3) is 5.91 Å². The second kappa shape index (κ2) is 7.68. The summed E-state index contributed by atoms with van der Waals surface area (Å²) < 4.78 is 32.1. The molecule has 1 atom stereocenters. The van der Waals surface area contributed by atoms with E-state index in [-0.39, 0.29) is 11.9 Å². The summed E-state index contributed by atoms with van der Waals surface area (Å²) in [7, 11) is 0. The highest BCUT2D eigenvalue weighted by Crippen LogP contribution is 2.38. The average Bonchev–Trinajstić information content (AvgIpc) is 3.58. The van der Waals surface area contributed by atoms with Gasteiger partial charge in [-0.2, -0.15) is 5.10 Å². The average molecular weight is 448 g/mol. The van der Waals surface area contributed by atoms with Crippen molar-refractivity contribution in [2.75, 3.05) is 18.0 Å². The van der Waals surface area contributed by atoms with Crippen molar-refractivity contribution in [3.05, 3.63) is 83.7 Å². The molecule has 2 aliphatic rings. The fourth-order valence-electron chi connectivity index (χ4n) is 5.00. The second-order valence-corrected chi connectivity index (χ2v) is 8.55. The van der Waals surface area contributed by atoms with Crippen LogP contribution in [0.1, 0.15) is 40.6 Å². The van der Waals surface area contributed by atoms with Crippen LogP contribution < -0.4 is 4.90 Å². The second-order valence-electron chi connectivity index (χ2n) is 8.55. The Kier molecular flexibility index (Phi) is 4.63. The Morgan fingerprint density at radius 3 is 2.88 bits per heavy atom. The van der Waals surface area contributed by atoms with Gasteiger partial charge in [-0.3, -0.25) is 4.79 Å². The SMILES string of the molecule is O=C(c1cnn2ccc(N3CCC[C@@H]3c3cc(F)ccc3F)cc12)N1CCn2ccnc2C1. The molecule has 1 amide bonds. The predicted octanol–water partition coefficient (Wildman–Crippen LogP) is 3.81. The van der Waals surface area contributed by atoms with Gasteiger partial charge in [0.05, 0.1) is 29.9 Å². The molecule has 0 N–H and O–H groups in total. The summed E-state index contributed by atoms with van der Waals surface area (Å²) in [5, 5.41) is 4.36. The summed E-state index contributed by atoms with van der Waals surface area (Å²) in [6.45, 7) is 2.49. The number of imidazole rings is 1. The molecule has 168 valence electrons. The van der Waals surface area contributed by atoms with Crippen molar-refractivity contribution in [3.8, 4) is 0 Å². The van der Waals surface area contributed by atoms with E-state index in [1.165, 1.54) is 12.1 Å². The maximum absolute atomic E-state index is 14.5. The summed E-state index contributed by atoms with van der Waals surface area (Å²) in [6, 6.07) is 7.17. The summed E-state index contributed by atoms with van der Waals surface area (Å²) in [5.41, 5.74) is 2.43. The van der Waals surface area contributed by atoms with E-state index >= 15 is 0 Å². The van der Waals surface area contributed by atoms with Crippen LogP contribution in [0.2, 0.25) is 0 Å². The van der Waals surface area contributed by atoms with Gasteiger partial charge in [0, 0.05) is 49.5 Å². The maximum atomic E-state index is 14.5. The maximum Gasteiger partial charge on any atom is 0.258 e. The summed E-state index contributed by atoms with van der Waals surface area (Å²) in [4.78, 5) is 21.5. The van der Waals surface area contributed by atoms with E-state index in [1.807, 2.05) is 24.5 Å². The number of carbonyl (C=O) groups excluding carboxylic acids is 1. The van der Waals surface area contributed by atoms with Gasteiger partial charge in [-0.25, -0.2) is 18.3 Å². The summed E-state index contributed by atoms with van der Waals surface area (Å²) in [5.74, 6) is -0.0769. The molecule has 0 unspecified atom stereocenters. The first-order valence-corrected chi connectivity index (χ1v) is 11.1. The molecule has 0 saturated carbocycles. The quantitative estimate of drug-likeness (QED) is 0.478. The lowest BCUT2D eigenvalue weighted by molar-refractivity contribution is 0.0709. The minimum atomic E-state index is -0.445. The molecule has 0 spiro atoms. The summed E-state index contributed by atoms with van der Waals surface area (Å²) in [6.07, 6.45) is 8.68. The fourth-order valence-corrected chi connectivity index (χ4v) is 5.00. The number of anilines is 1. The first kappa shape index (κ1) is 19.9. The zero-order valence-electron chi connectivity index (χ0n) is 17.9. The largest absolute Gasteiger partial charge is 0.364 e. The van der Waals surface area contributed by atoms with Crippen molar-refractivity contribution >= 4 is 17.1 Å². The molecule has 3 aromatic heterocycles. The number of fused-ring (bicyclic) bond motifs is 2. The van der Waals surface area contributed by atoms with Crippen LogP contribution >= 0.6 is 0 Å². The van der Waals surface area contributed by atoms with E-state index in [1.54, 1.807) is 21.8 Å². The van der Waals surface area contributed by atoms with Gasteiger partial charge in [0.2, 0.25) is 0 Å². The lowest BCUT2D eigenvalue weighted by Gasteiger charge is -2.28. The normalized spacial score (nSPS) is 18.2. The van der Waals surface area contributed by atoms with Gasteiger partial charge in [-0.1, -0.05) is 0 Å². The molecule has 0 bridgehead atoms. The van der Waals surface area contributed by atoms with E-state index in [0.717, 1.165) is 37.0 Å². The van der Waals surface area contributed by atoms with Crippen LogP contribution in [0.25, 0.3) is 5.52 Å². The zero-order chi connectivity index (χ0) is 22.5. The highest BCUT2D eigenvalue weighted by Gasteiger charge is 2.30. The third kappa shape index (κ3) is 3.35. The number of hydrogen-bond donors (Lipinski definition) is 0. The van der Waals surface area contributed by atoms with Crippen molar-refractivity contribution in [1.82, 2.24) is 24.1 Å². The van der Waals surface area contributed by atoms with Crippen LogP contribution in [0.15, 0.2) is 55.1 Å². The Morgan fingerprint density at radius 1 is 1.06 bits per heavy atom. The molecule has 1 fully saturated rings. The van der Waals surface area contributed by atoms with Gasteiger partial charge < -0.3 is 14.4 Å². The Hall–Kier alpha value is -3.75. The molecule has 9 heteroatoms. The Morgan fingerprint density at radius 2 is 1.97 bits per heavy atom. The Labute approximate surface area is 188 Å². The van der Waals surface area contributed by atoms with Crippen molar-refractivity contribution in [3.63, 3.8) is 0 Å². The Balaban J connectivity index is 1.33. The first-order chi connectivity index (χ1) is 16.1. The van der Waals surface area contributed by atoms with Crippen LogP contribution in [0.5, 0.6) is 0 Å². The molecule has 6 rings (SSSR count). The lowest BCUT2D eigenvalue weighted by atomic mass is 10.0. The zero-order valence-corrected chi connectivity index (χ0v) is 17.9. The number of carbonyl (C=O) groups is 1. The smallest absolute Gasteiger partial charge is 0.258 e. The highest BCUT2D eigenvalue weighted by molar-refractivity contribution is 6.01. The van der Waals surface area contributed by atoms with Gasteiger partial charge in [0.15, 0.2) is 0 Å². The van der Waals surface area contributed by atoms with E-state index < -0.39 is 11.6 Å². The molecule has 4 aromatic rings. The van der Waals surface area contributed by atoms with Gasteiger partial charge >= 0.3 is 0 Å². The van der Waals surface area contributed by atoms with Crippen LogP contribution in [-0.2, 0) is 13.1 Å². The number of halogens is 2. The molecule has 2 aliphatic heterocycles.